The maximum absolute atomic E-state index is 12.4. The summed E-state index contributed by atoms with van der Waals surface area (Å²) in [5.41, 5.74) is 0. The van der Waals surface area contributed by atoms with Gasteiger partial charge in [-0.3, -0.25) is 8.37 Å². The molecule has 1 aliphatic rings. The molecule has 152 valence electrons. The number of benzene rings is 2. The predicted molar refractivity (Wildman–Crippen MR) is 105 cm³/mol. The number of rotatable bonds is 6. The third-order valence-corrected chi connectivity index (χ3v) is 7.56. The molecule has 2 unspecified atom stereocenters. The molecule has 10 heteroatoms. The normalized spacial score (nSPS) is 20.8. The van der Waals surface area contributed by atoms with Crippen molar-refractivity contribution in [3.8, 4) is 0 Å². The fourth-order valence-corrected chi connectivity index (χ4v) is 5.43. The summed E-state index contributed by atoms with van der Waals surface area (Å²) < 4.78 is 60.3. The Bertz CT molecular complexity index is 935. The Morgan fingerprint density at radius 1 is 0.679 bits per heavy atom. The van der Waals surface area contributed by atoms with Crippen LogP contribution < -0.4 is 0 Å². The molecule has 0 aliphatic heterocycles. The average Bonchev–Trinajstić information content (AvgIpc) is 2.62. The van der Waals surface area contributed by atoms with Gasteiger partial charge in [-0.25, -0.2) is 0 Å². The van der Waals surface area contributed by atoms with E-state index in [1.807, 2.05) is 0 Å². The maximum atomic E-state index is 12.4. The van der Waals surface area contributed by atoms with E-state index in [4.69, 9.17) is 31.6 Å². The smallest absolute Gasteiger partial charge is 0.263 e. The molecule has 0 bridgehead atoms. The Morgan fingerprint density at radius 2 is 1.04 bits per heavy atom. The van der Waals surface area contributed by atoms with Gasteiger partial charge in [-0.1, -0.05) is 23.2 Å². The van der Waals surface area contributed by atoms with Crippen molar-refractivity contribution in [2.75, 3.05) is 0 Å². The van der Waals surface area contributed by atoms with Gasteiger partial charge in [0, 0.05) is 16.5 Å². The Labute approximate surface area is 174 Å². The van der Waals surface area contributed by atoms with Crippen LogP contribution in [0.15, 0.2) is 58.3 Å². The molecule has 1 fully saturated rings. The van der Waals surface area contributed by atoms with E-state index < -0.39 is 32.4 Å². The van der Waals surface area contributed by atoms with Crippen LogP contribution in [-0.2, 0) is 28.6 Å². The summed E-state index contributed by atoms with van der Waals surface area (Å²) in [5, 5.41) is 0.829. The lowest BCUT2D eigenvalue weighted by atomic mass is 9.95. The van der Waals surface area contributed by atoms with E-state index in [-0.39, 0.29) is 16.2 Å². The van der Waals surface area contributed by atoms with Gasteiger partial charge in [0.15, 0.2) is 0 Å². The van der Waals surface area contributed by atoms with Gasteiger partial charge in [-0.05, 0) is 67.8 Å². The molecule has 0 N–H and O–H groups in total. The minimum absolute atomic E-state index is 0.00581. The zero-order chi connectivity index (χ0) is 20.4. The summed E-state index contributed by atoms with van der Waals surface area (Å²) in [7, 11) is -7.96. The van der Waals surface area contributed by atoms with E-state index in [2.05, 4.69) is 0 Å². The number of halogens is 2. The van der Waals surface area contributed by atoms with Crippen LogP contribution in [0.2, 0.25) is 10.0 Å². The van der Waals surface area contributed by atoms with Crippen LogP contribution in [0.3, 0.4) is 0 Å². The lowest BCUT2D eigenvalue weighted by Gasteiger charge is -2.28. The van der Waals surface area contributed by atoms with Crippen molar-refractivity contribution in [1.29, 1.82) is 0 Å². The topological polar surface area (TPSA) is 86.7 Å². The van der Waals surface area contributed by atoms with Crippen LogP contribution in [0, 0.1) is 0 Å². The van der Waals surface area contributed by atoms with E-state index in [9.17, 15) is 16.8 Å². The molecule has 0 heterocycles. The Hall–Kier alpha value is -1.16. The van der Waals surface area contributed by atoms with Gasteiger partial charge in [0.1, 0.15) is 0 Å². The lowest BCUT2D eigenvalue weighted by Crippen LogP contribution is -2.31. The van der Waals surface area contributed by atoms with E-state index >= 15 is 0 Å². The van der Waals surface area contributed by atoms with Crippen LogP contribution in [0.4, 0.5) is 0 Å². The third-order valence-electron chi connectivity index (χ3n) is 4.31. The Kier molecular flexibility index (Phi) is 6.69. The summed E-state index contributed by atoms with van der Waals surface area (Å²) in [4.78, 5) is -0.0116. The molecule has 1 saturated carbocycles. The molecule has 28 heavy (non-hydrogen) atoms. The zero-order valence-corrected chi connectivity index (χ0v) is 17.8. The van der Waals surface area contributed by atoms with Crippen molar-refractivity contribution in [2.45, 2.75) is 47.7 Å². The van der Waals surface area contributed by atoms with Crippen LogP contribution in [-0.4, -0.2) is 29.0 Å². The van der Waals surface area contributed by atoms with Crippen molar-refractivity contribution < 1.29 is 25.2 Å². The van der Waals surface area contributed by atoms with Crippen LogP contribution in [0.5, 0.6) is 0 Å². The van der Waals surface area contributed by atoms with Crippen LogP contribution >= 0.6 is 23.2 Å². The summed E-state index contributed by atoms with van der Waals surface area (Å²) >= 11 is 11.6. The quantitative estimate of drug-likeness (QED) is 0.588. The molecule has 3 rings (SSSR count). The summed E-state index contributed by atoms with van der Waals surface area (Å²) in [6.07, 6.45) is 0.391. The molecule has 0 spiro atoms. The SMILES string of the molecule is O=S(=O)(OC1CCCC(OS(=O)(=O)c2ccc(Cl)cc2)C1)c1ccc(Cl)cc1. The van der Waals surface area contributed by atoms with E-state index in [1.54, 1.807) is 0 Å². The highest BCUT2D eigenvalue weighted by atomic mass is 35.5. The van der Waals surface area contributed by atoms with E-state index in [1.165, 1.54) is 48.5 Å². The maximum Gasteiger partial charge on any atom is 0.297 e. The summed E-state index contributed by atoms with van der Waals surface area (Å²) in [6, 6.07) is 11.3. The van der Waals surface area contributed by atoms with Crippen molar-refractivity contribution in [3.63, 3.8) is 0 Å². The van der Waals surface area contributed by atoms with Gasteiger partial charge < -0.3 is 0 Å². The minimum atomic E-state index is -3.98. The van der Waals surface area contributed by atoms with Crippen molar-refractivity contribution in [1.82, 2.24) is 0 Å². The molecule has 0 radical (unpaired) electrons. The molecule has 0 saturated heterocycles. The number of hydrogen-bond donors (Lipinski definition) is 0. The molecule has 2 aromatic carbocycles. The van der Waals surface area contributed by atoms with Crippen molar-refractivity contribution in [3.05, 3.63) is 58.6 Å². The predicted octanol–water partition coefficient (Wildman–Crippen LogP) is 4.42. The summed E-state index contributed by atoms with van der Waals surface area (Å²) in [6.45, 7) is 0. The fraction of sp³-hybridized carbons (Fsp3) is 0.333. The first-order valence-corrected chi connectivity index (χ1v) is 12.1. The molecular formula is C18H18Cl2O6S2. The van der Waals surface area contributed by atoms with Crippen LogP contribution in [0.25, 0.3) is 0 Å². The van der Waals surface area contributed by atoms with E-state index in [0.29, 0.717) is 29.3 Å². The van der Waals surface area contributed by atoms with Gasteiger partial charge in [0.05, 0.1) is 22.0 Å². The molecule has 0 amide bonds. The highest BCUT2D eigenvalue weighted by Gasteiger charge is 2.31. The second kappa shape index (κ2) is 8.69. The molecule has 1 aliphatic carbocycles. The van der Waals surface area contributed by atoms with E-state index in [0.717, 1.165) is 0 Å². The van der Waals surface area contributed by atoms with Gasteiger partial charge in [-0.15, -0.1) is 0 Å². The Morgan fingerprint density at radius 3 is 1.39 bits per heavy atom. The van der Waals surface area contributed by atoms with Crippen molar-refractivity contribution in [2.24, 2.45) is 0 Å². The first-order chi connectivity index (χ1) is 13.2. The summed E-state index contributed by atoms with van der Waals surface area (Å²) in [5.74, 6) is 0. The molecule has 2 atom stereocenters. The van der Waals surface area contributed by atoms with Crippen LogP contribution in [0.1, 0.15) is 25.7 Å². The second-order valence-electron chi connectivity index (χ2n) is 6.42. The first-order valence-electron chi connectivity index (χ1n) is 8.53. The highest BCUT2D eigenvalue weighted by molar-refractivity contribution is 7.87. The van der Waals surface area contributed by atoms with Crippen molar-refractivity contribution >= 4 is 43.4 Å². The molecule has 2 aromatic rings. The Balaban J connectivity index is 1.67. The minimum Gasteiger partial charge on any atom is -0.263 e. The monoisotopic (exact) mass is 464 g/mol. The van der Waals surface area contributed by atoms with Gasteiger partial charge in [0.2, 0.25) is 0 Å². The van der Waals surface area contributed by atoms with Gasteiger partial charge in [-0.2, -0.15) is 16.8 Å². The second-order valence-corrected chi connectivity index (χ2v) is 10.4. The molecule has 6 nitrogen and oxygen atoms in total. The average molecular weight is 465 g/mol. The molecular weight excluding hydrogens is 447 g/mol. The van der Waals surface area contributed by atoms with Gasteiger partial charge >= 0.3 is 0 Å². The largest absolute Gasteiger partial charge is 0.297 e. The standard InChI is InChI=1S/C18H18Cl2O6S2/c19-13-4-8-17(9-5-13)27(21,22)25-15-2-1-3-16(12-15)26-28(23,24)18-10-6-14(20)7-11-18/h4-11,15-16H,1-3,12H2. The number of hydrogen-bond acceptors (Lipinski definition) is 6. The van der Waals surface area contributed by atoms with Gasteiger partial charge in [0.25, 0.3) is 20.2 Å². The highest BCUT2D eigenvalue weighted by Crippen LogP contribution is 2.29. The zero-order valence-electron chi connectivity index (χ0n) is 14.6. The molecule has 0 aromatic heterocycles. The fourth-order valence-electron chi connectivity index (χ4n) is 2.95. The lowest BCUT2D eigenvalue weighted by molar-refractivity contribution is 0.0759. The third kappa shape index (κ3) is 5.46. The first kappa shape index (κ1) is 21.5.